The molecule has 0 saturated carbocycles. The predicted octanol–water partition coefficient (Wildman–Crippen LogP) is 1.62. The molecule has 0 bridgehead atoms. The second-order valence-corrected chi connectivity index (χ2v) is 3.44. The van der Waals surface area contributed by atoms with Crippen LogP contribution in [-0.2, 0) is 0 Å². The summed E-state index contributed by atoms with van der Waals surface area (Å²) in [5.41, 5.74) is 14.3. The summed E-state index contributed by atoms with van der Waals surface area (Å²) < 4.78 is 0. The lowest BCUT2D eigenvalue weighted by Gasteiger charge is -2.05. The van der Waals surface area contributed by atoms with Crippen LogP contribution in [0.1, 0.15) is 5.56 Å². The summed E-state index contributed by atoms with van der Waals surface area (Å²) in [5.74, 6) is 0.774. The van der Waals surface area contributed by atoms with Crippen molar-refractivity contribution >= 4 is 11.6 Å². The van der Waals surface area contributed by atoms with Crippen molar-refractivity contribution in [1.29, 1.82) is 0 Å². The molecular formula is C11H12N4. The standard InChI is InChI=1S/C11H12N4/c1-7-3-2-4-8(5-7)9-6-10(12)14-15-11(9)13/h2-6H,1H3,(H2,12,14)(H2,13,15). The molecule has 2 rings (SSSR count). The minimum Gasteiger partial charge on any atom is -0.382 e. The zero-order valence-corrected chi connectivity index (χ0v) is 8.44. The molecule has 0 unspecified atom stereocenters. The predicted molar refractivity (Wildman–Crippen MR) is 61.0 cm³/mol. The van der Waals surface area contributed by atoms with Gasteiger partial charge in [-0.3, -0.25) is 0 Å². The number of nitrogens with zero attached hydrogens (tertiary/aromatic N) is 2. The van der Waals surface area contributed by atoms with Crippen LogP contribution in [0, 0.1) is 6.92 Å². The van der Waals surface area contributed by atoms with E-state index in [4.69, 9.17) is 11.5 Å². The first-order chi connectivity index (χ1) is 7.16. The Bertz CT molecular complexity index is 494. The Balaban J connectivity index is 2.58. The van der Waals surface area contributed by atoms with E-state index >= 15 is 0 Å². The summed E-state index contributed by atoms with van der Waals surface area (Å²) in [4.78, 5) is 0. The molecule has 15 heavy (non-hydrogen) atoms. The normalized spacial score (nSPS) is 10.2. The average molecular weight is 200 g/mol. The van der Waals surface area contributed by atoms with Gasteiger partial charge in [-0.15, -0.1) is 10.2 Å². The van der Waals surface area contributed by atoms with Gasteiger partial charge in [0.15, 0.2) is 5.82 Å². The molecule has 4 heteroatoms. The third-order valence-electron chi connectivity index (χ3n) is 2.17. The molecule has 0 fully saturated rings. The number of hydrogen-bond donors (Lipinski definition) is 2. The lowest BCUT2D eigenvalue weighted by atomic mass is 10.0. The van der Waals surface area contributed by atoms with E-state index in [0.717, 1.165) is 11.1 Å². The quantitative estimate of drug-likeness (QED) is 0.733. The molecule has 1 heterocycles. The molecule has 4 N–H and O–H groups in total. The van der Waals surface area contributed by atoms with Gasteiger partial charge in [-0.1, -0.05) is 29.8 Å². The topological polar surface area (TPSA) is 77.8 Å². The molecule has 1 aromatic carbocycles. The number of benzene rings is 1. The fourth-order valence-corrected chi connectivity index (χ4v) is 1.46. The first kappa shape index (κ1) is 9.45. The van der Waals surface area contributed by atoms with Crippen molar-refractivity contribution in [2.45, 2.75) is 6.92 Å². The Labute approximate surface area is 87.9 Å². The van der Waals surface area contributed by atoms with E-state index < -0.39 is 0 Å². The van der Waals surface area contributed by atoms with Crippen molar-refractivity contribution < 1.29 is 0 Å². The van der Waals surface area contributed by atoms with Gasteiger partial charge in [0.25, 0.3) is 0 Å². The second-order valence-electron chi connectivity index (χ2n) is 3.44. The molecular weight excluding hydrogens is 188 g/mol. The Kier molecular flexibility index (Phi) is 2.25. The smallest absolute Gasteiger partial charge is 0.154 e. The molecule has 0 amide bonds. The Morgan fingerprint density at radius 2 is 1.87 bits per heavy atom. The Hall–Kier alpha value is -2.10. The van der Waals surface area contributed by atoms with E-state index in [1.54, 1.807) is 6.07 Å². The van der Waals surface area contributed by atoms with Gasteiger partial charge in [0.1, 0.15) is 5.82 Å². The molecule has 0 spiro atoms. The lowest BCUT2D eigenvalue weighted by molar-refractivity contribution is 1.05. The van der Waals surface area contributed by atoms with Crippen LogP contribution in [0.15, 0.2) is 30.3 Å². The first-order valence-electron chi connectivity index (χ1n) is 4.62. The SMILES string of the molecule is Cc1cccc(-c2cc(N)nnc2N)c1. The molecule has 0 atom stereocenters. The van der Waals surface area contributed by atoms with Gasteiger partial charge in [-0.05, 0) is 18.6 Å². The van der Waals surface area contributed by atoms with Crippen molar-refractivity contribution in [3.8, 4) is 11.1 Å². The van der Waals surface area contributed by atoms with E-state index in [2.05, 4.69) is 10.2 Å². The van der Waals surface area contributed by atoms with Crippen LogP contribution in [-0.4, -0.2) is 10.2 Å². The highest BCUT2D eigenvalue weighted by Crippen LogP contribution is 2.25. The number of nitrogens with two attached hydrogens (primary N) is 2. The van der Waals surface area contributed by atoms with Gasteiger partial charge < -0.3 is 11.5 Å². The van der Waals surface area contributed by atoms with Crippen molar-refractivity contribution in [2.75, 3.05) is 11.5 Å². The van der Waals surface area contributed by atoms with Crippen LogP contribution in [0.2, 0.25) is 0 Å². The molecule has 0 radical (unpaired) electrons. The number of aromatic nitrogens is 2. The zero-order chi connectivity index (χ0) is 10.8. The largest absolute Gasteiger partial charge is 0.382 e. The third kappa shape index (κ3) is 1.88. The molecule has 0 saturated heterocycles. The van der Waals surface area contributed by atoms with E-state index in [1.807, 2.05) is 31.2 Å². The molecule has 0 aliphatic rings. The maximum atomic E-state index is 5.74. The van der Waals surface area contributed by atoms with Crippen molar-refractivity contribution in [3.63, 3.8) is 0 Å². The third-order valence-corrected chi connectivity index (χ3v) is 2.17. The Morgan fingerprint density at radius 1 is 1.07 bits per heavy atom. The fourth-order valence-electron chi connectivity index (χ4n) is 1.46. The summed E-state index contributed by atoms with van der Waals surface area (Å²) in [6.45, 7) is 2.03. The first-order valence-corrected chi connectivity index (χ1v) is 4.62. The van der Waals surface area contributed by atoms with Gasteiger partial charge in [-0.2, -0.15) is 0 Å². The molecule has 1 aromatic heterocycles. The molecule has 2 aromatic rings. The van der Waals surface area contributed by atoms with Gasteiger partial charge in [0.05, 0.1) is 0 Å². The molecule has 76 valence electrons. The fraction of sp³-hybridized carbons (Fsp3) is 0.0909. The van der Waals surface area contributed by atoms with E-state index in [0.29, 0.717) is 11.6 Å². The van der Waals surface area contributed by atoms with Gasteiger partial charge >= 0.3 is 0 Å². The van der Waals surface area contributed by atoms with E-state index in [1.165, 1.54) is 5.56 Å². The minimum absolute atomic E-state index is 0.376. The monoisotopic (exact) mass is 200 g/mol. The summed E-state index contributed by atoms with van der Waals surface area (Å²) in [7, 11) is 0. The summed E-state index contributed by atoms with van der Waals surface area (Å²) in [6.07, 6.45) is 0. The van der Waals surface area contributed by atoms with Crippen molar-refractivity contribution in [3.05, 3.63) is 35.9 Å². The van der Waals surface area contributed by atoms with Crippen LogP contribution in [0.3, 0.4) is 0 Å². The van der Waals surface area contributed by atoms with Crippen LogP contribution in [0.25, 0.3) is 11.1 Å². The van der Waals surface area contributed by atoms with Crippen LogP contribution in [0.5, 0.6) is 0 Å². The number of hydrogen-bond acceptors (Lipinski definition) is 4. The number of anilines is 2. The number of rotatable bonds is 1. The average Bonchev–Trinajstić information content (AvgIpc) is 2.22. The Morgan fingerprint density at radius 3 is 2.60 bits per heavy atom. The number of nitrogen functional groups attached to an aromatic ring is 2. The van der Waals surface area contributed by atoms with Gasteiger partial charge in [0, 0.05) is 5.56 Å². The summed E-state index contributed by atoms with van der Waals surface area (Å²) >= 11 is 0. The van der Waals surface area contributed by atoms with E-state index in [9.17, 15) is 0 Å². The highest BCUT2D eigenvalue weighted by molar-refractivity contribution is 5.75. The lowest BCUT2D eigenvalue weighted by Crippen LogP contribution is -2.00. The second kappa shape index (κ2) is 3.57. The highest BCUT2D eigenvalue weighted by atomic mass is 15.2. The minimum atomic E-state index is 0.376. The molecule has 0 aliphatic carbocycles. The molecule has 4 nitrogen and oxygen atoms in total. The van der Waals surface area contributed by atoms with Gasteiger partial charge in [0.2, 0.25) is 0 Å². The van der Waals surface area contributed by atoms with Crippen LogP contribution < -0.4 is 11.5 Å². The summed E-state index contributed by atoms with van der Waals surface area (Å²) in [6, 6.07) is 9.74. The van der Waals surface area contributed by atoms with E-state index in [-0.39, 0.29) is 0 Å². The van der Waals surface area contributed by atoms with Crippen LogP contribution in [0.4, 0.5) is 11.6 Å². The van der Waals surface area contributed by atoms with Crippen molar-refractivity contribution in [2.24, 2.45) is 0 Å². The van der Waals surface area contributed by atoms with Crippen LogP contribution >= 0.6 is 0 Å². The van der Waals surface area contributed by atoms with Gasteiger partial charge in [-0.25, -0.2) is 0 Å². The zero-order valence-electron chi connectivity index (χ0n) is 8.44. The highest BCUT2D eigenvalue weighted by Gasteiger charge is 2.05. The number of aryl methyl sites for hydroxylation is 1. The maximum absolute atomic E-state index is 5.74. The van der Waals surface area contributed by atoms with Crippen molar-refractivity contribution in [1.82, 2.24) is 10.2 Å². The maximum Gasteiger partial charge on any atom is 0.154 e. The molecule has 0 aliphatic heterocycles. The summed E-state index contributed by atoms with van der Waals surface area (Å²) in [5, 5.41) is 7.48.